The molecule has 1 amide bonds. The van der Waals surface area contributed by atoms with Gasteiger partial charge < -0.3 is 10.1 Å². The van der Waals surface area contributed by atoms with Gasteiger partial charge >= 0.3 is 5.97 Å². The standard InChI is InChI=1S/C21H26FNO3/c1-13(21-9-14-5-15(10-21)7-16(6-14)11-21)23-19(24)12-26-20(25)17-3-2-4-18(22)8-17/h2-4,8,13-16H,5-7,9-12H2,1H3,(H,23,24)/t13-,14?,15?,16?,21?/m1/s1. The fourth-order valence-corrected chi connectivity index (χ4v) is 5.97. The molecule has 26 heavy (non-hydrogen) atoms. The molecule has 0 unspecified atom stereocenters. The van der Waals surface area contributed by atoms with Crippen molar-refractivity contribution in [3.05, 3.63) is 35.6 Å². The summed E-state index contributed by atoms with van der Waals surface area (Å²) in [6.45, 7) is 1.77. The summed E-state index contributed by atoms with van der Waals surface area (Å²) in [5.41, 5.74) is 0.337. The van der Waals surface area contributed by atoms with Crippen molar-refractivity contribution in [2.24, 2.45) is 23.2 Å². The van der Waals surface area contributed by atoms with Crippen LogP contribution in [0.3, 0.4) is 0 Å². The summed E-state index contributed by atoms with van der Waals surface area (Å²) in [5.74, 6) is 1.02. The van der Waals surface area contributed by atoms with Gasteiger partial charge in [0.15, 0.2) is 6.61 Å². The lowest BCUT2D eigenvalue weighted by molar-refractivity contribution is -0.128. The van der Waals surface area contributed by atoms with Crippen LogP contribution in [0.4, 0.5) is 4.39 Å². The maximum Gasteiger partial charge on any atom is 0.338 e. The number of amides is 1. The Balaban J connectivity index is 1.31. The topological polar surface area (TPSA) is 55.4 Å². The average molecular weight is 359 g/mol. The number of ether oxygens (including phenoxy) is 1. The predicted octanol–water partition coefficient (Wildman–Crippen LogP) is 3.70. The highest BCUT2D eigenvalue weighted by Crippen LogP contribution is 2.61. The van der Waals surface area contributed by atoms with Gasteiger partial charge in [0.1, 0.15) is 5.82 Å². The molecule has 4 aliphatic carbocycles. The van der Waals surface area contributed by atoms with Gasteiger partial charge in [0, 0.05) is 6.04 Å². The second kappa shape index (κ2) is 6.67. The van der Waals surface area contributed by atoms with Crippen molar-refractivity contribution >= 4 is 11.9 Å². The van der Waals surface area contributed by atoms with Gasteiger partial charge in [0.2, 0.25) is 0 Å². The molecule has 1 aromatic carbocycles. The summed E-state index contributed by atoms with van der Waals surface area (Å²) >= 11 is 0. The second-order valence-corrected chi connectivity index (χ2v) is 8.66. The van der Waals surface area contributed by atoms with Crippen molar-refractivity contribution in [3.8, 4) is 0 Å². The Labute approximate surface area is 153 Å². The maximum absolute atomic E-state index is 13.2. The third kappa shape index (κ3) is 3.36. The molecule has 0 aromatic heterocycles. The molecule has 5 heteroatoms. The fourth-order valence-electron chi connectivity index (χ4n) is 5.97. The highest BCUT2D eigenvalue weighted by molar-refractivity contribution is 5.91. The van der Waals surface area contributed by atoms with Crippen LogP contribution in [-0.2, 0) is 9.53 Å². The molecular formula is C21H26FNO3. The van der Waals surface area contributed by atoms with Gasteiger partial charge in [-0.2, -0.15) is 0 Å². The lowest BCUT2D eigenvalue weighted by Crippen LogP contribution is -2.56. The minimum Gasteiger partial charge on any atom is -0.452 e. The lowest BCUT2D eigenvalue weighted by atomic mass is 9.48. The Hall–Kier alpha value is -1.91. The smallest absolute Gasteiger partial charge is 0.338 e. The van der Waals surface area contributed by atoms with E-state index in [4.69, 9.17) is 4.74 Å². The molecule has 1 aromatic rings. The largest absolute Gasteiger partial charge is 0.452 e. The fraction of sp³-hybridized carbons (Fsp3) is 0.619. The third-order valence-corrected chi connectivity index (χ3v) is 6.78. The number of rotatable bonds is 5. The van der Waals surface area contributed by atoms with E-state index in [1.807, 2.05) is 0 Å². The summed E-state index contributed by atoms with van der Waals surface area (Å²) in [6, 6.07) is 5.38. The van der Waals surface area contributed by atoms with Gasteiger partial charge in [0.05, 0.1) is 5.56 Å². The molecule has 140 valence electrons. The molecule has 0 saturated heterocycles. The first-order chi connectivity index (χ1) is 12.4. The van der Waals surface area contributed by atoms with Crippen molar-refractivity contribution in [3.63, 3.8) is 0 Å². The molecule has 5 rings (SSSR count). The molecule has 4 aliphatic rings. The Morgan fingerprint density at radius 1 is 1.19 bits per heavy atom. The number of hydrogen-bond donors (Lipinski definition) is 1. The second-order valence-electron chi connectivity index (χ2n) is 8.66. The van der Waals surface area contributed by atoms with Gasteiger partial charge in [-0.05, 0) is 86.8 Å². The van der Waals surface area contributed by atoms with Crippen LogP contribution in [0.2, 0.25) is 0 Å². The van der Waals surface area contributed by atoms with Crippen molar-refractivity contribution in [1.29, 1.82) is 0 Å². The monoisotopic (exact) mass is 359 g/mol. The SMILES string of the molecule is C[C@@H](NC(=O)COC(=O)c1cccc(F)c1)C12CC3CC(CC(C3)C1)C2. The summed E-state index contributed by atoms with van der Waals surface area (Å²) in [7, 11) is 0. The first-order valence-electron chi connectivity index (χ1n) is 9.65. The van der Waals surface area contributed by atoms with E-state index in [0.717, 1.165) is 23.8 Å². The van der Waals surface area contributed by atoms with E-state index in [0.29, 0.717) is 0 Å². The van der Waals surface area contributed by atoms with Crippen molar-refractivity contribution in [2.45, 2.75) is 51.5 Å². The van der Waals surface area contributed by atoms with E-state index in [1.165, 1.54) is 56.7 Å². The molecule has 4 bridgehead atoms. The van der Waals surface area contributed by atoms with Gasteiger partial charge in [-0.25, -0.2) is 9.18 Å². The third-order valence-electron chi connectivity index (χ3n) is 6.78. The van der Waals surface area contributed by atoms with Gasteiger partial charge in [-0.15, -0.1) is 0 Å². The predicted molar refractivity (Wildman–Crippen MR) is 94.9 cm³/mol. The summed E-state index contributed by atoms with van der Waals surface area (Å²) in [4.78, 5) is 24.2. The number of hydrogen-bond acceptors (Lipinski definition) is 3. The van der Waals surface area contributed by atoms with E-state index < -0.39 is 11.8 Å². The Bertz CT molecular complexity index is 682. The van der Waals surface area contributed by atoms with E-state index in [2.05, 4.69) is 12.2 Å². The summed E-state index contributed by atoms with van der Waals surface area (Å²) < 4.78 is 18.2. The van der Waals surface area contributed by atoms with Crippen LogP contribution in [0.15, 0.2) is 24.3 Å². The average Bonchev–Trinajstić information content (AvgIpc) is 2.58. The minimum absolute atomic E-state index is 0.0938. The molecule has 0 radical (unpaired) electrons. The zero-order valence-electron chi connectivity index (χ0n) is 15.2. The lowest BCUT2D eigenvalue weighted by Gasteiger charge is -2.59. The highest BCUT2D eigenvalue weighted by Gasteiger charge is 2.53. The van der Waals surface area contributed by atoms with Crippen LogP contribution in [0.25, 0.3) is 0 Å². The maximum atomic E-state index is 13.2. The first kappa shape index (κ1) is 17.5. The number of esters is 1. The van der Waals surface area contributed by atoms with E-state index in [-0.39, 0.29) is 29.5 Å². The summed E-state index contributed by atoms with van der Waals surface area (Å²) in [5, 5.41) is 3.06. The number of halogens is 1. The van der Waals surface area contributed by atoms with Crippen molar-refractivity contribution in [2.75, 3.05) is 6.61 Å². The van der Waals surface area contributed by atoms with Crippen molar-refractivity contribution < 1.29 is 18.7 Å². The Morgan fingerprint density at radius 3 is 2.38 bits per heavy atom. The molecule has 1 N–H and O–H groups in total. The molecule has 4 saturated carbocycles. The Morgan fingerprint density at radius 2 is 1.81 bits per heavy atom. The van der Waals surface area contributed by atoms with E-state index in [1.54, 1.807) is 0 Å². The van der Waals surface area contributed by atoms with Crippen LogP contribution in [-0.4, -0.2) is 24.5 Å². The van der Waals surface area contributed by atoms with Gasteiger partial charge in [-0.3, -0.25) is 4.79 Å². The number of carbonyl (C=O) groups excluding carboxylic acids is 2. The minimum atomic E-state index is -0.679. The van der Waals surface area contributed by atoms with Gasteiger partial charge in [-0.1, -0.05) is 6.07 Å². The van der Waals surface area contributed by atoms with E-state index in [9.17, 15) is 14.0 Å². The van der Waals surface area contributed by atoms with Gasteiger partial charge in [0.25, 0.3) is 5.91 Å². The molecule has 0 spiro atoms. The molecular weight excluding hydrogens is 333 g/mol. The normalized spacial score (nSPS) is 32.9. The zero-order chi connectivity index (χ0) is 18.3. The summed E-state index contributed by atoms with van der Waals surface area (Å²) in [6.07, 6.45) is 7.73. The molecule has 4 nitrogen and oxygen atoms in total. The van der Waals surface area contributed by atoms with Crippen LogP contribution < -0.4 is 5.32 Å². The molecule has 0 aliphatic heterocycles. The van der Waals surface area contributed by atoms with Crippen LogP contribution >= 0.6 is 0 Å². The number of carbonyl (C=O) groups is 2. The highest BCUT2D eigenvalue weighted by atomic mass is 19.1. The van der Waals surface area contributed by atoms with Crippen LogP contribution in [0.5, 0.6) is 0 Å². The van der Waals surface area contributed by atoms with E-state index >= 15 is 0 Å². The number of nitrogens with one attached hydrogen (secondary N) is 1. The molecule has 4 fully saturated rings. The number of benzene rings is 1. The first-order valence-corrected chi connectivity index (χ1v) is 9.65. The molecule has 0 heterocycles. The Kier molecular flexibility index (Phi) is 4.49. The zero-order valence-corrected chi connectivity index (χ0v) is 15.2. The van der Waals surface area contributed by atoms with Crippen LogP contribution in [0, 0.1) is 29.0 Å². The molecule has 1 atom stereocenters. The quantitative estimate of drug-likeness (QED) is 0.816. The van der Waals surface area contributed by atoms with Crippen LogP contribution in [0.1, 0.15) is 55.8 Å². The van der Waals surface area contributed by atoms with Crippen molar-refractivity contribution in [1.82, 2.24) is 5.32 Å².